The third-order valence-corrected chi connectivity index (χ3v) is 4.99. The molecule has 144 valence electrons. The van der Waals surface area contributed by atoms with E-state index in [9.17, 15) is 18.0 Å². The van der Waals surface area contributed by atoms with Crippen LogP contribution in [-0.2, 0) is 19.6 Å². The molecule has 0 unspecified atom stereocenters. The number of methoxy groups -OCH3 is 1. The Morgan fingerprint density at radius 1 is 1.00 bits per heavy atom. The van der Waals surface area contributed by atoms with Crippen LogP contribution in [-0.4, -0.2) is 33.9 Å². The molecule has 3 N–H and O–H groups in total. The maximum atomic E-state index is 12.3. The number of nitrogens with one attached hydrogen (secondary N) is 3. The van der Waals surface area contributed by atoms with E-state index in [2.05, 4.69) is 15.4 Å². The van der Waals surface area contributed by atoms with Gasteiger partial charge in [0.25, 0.3) is 0 Å². The average molecular weight is 391 g/mol. The van der Waals surface area contributed by atoms with Gasteiger partial charge in [-0.1, -0.05) is 12.1 Å². The normalized spacial score (nSPS) is 10.9. The van der Waals surface area contributed by atoms with Crippen LogP contribution >= 0.6 is 0 Å². The number of ether oxygens (including phenoxy) is 1. The SMILES string of the molecule is COc1ccccc1NC(=O)CCNS(=O)(=O)c1ccc(NC(C)=O)cc1. The number of anilines is 2. The van der Waals surface area contributed by atoms with Gasteiger partial charge in [0.1, 0.15) is 5.75 Å². The van der Waals surface area contributed by atoms with Crippen molar-refractivity contribution >= 4 is 33.2 Å². The summed E-state index contributed by atoms with van der Waals surface area (Å²) in [5.74, 6) is -0.0707. The van der Waals surface area contributed by atoms with Crippen LogP contribution in [0.3, 0.4) is 0 Å². The van der Waals surface area contributed by atoms with Crippen LogP contribution in [0.4, 0.5) is 11.4 Å². The van der Waals surface area contributed by atoms with E-state index in [4.69, 9.17) is 4.74 Å². The number of hydrogen-bond acceptors (Lipinski definition) is 5. The molecule has 2 aromatic carbocycles. The number of amides is 2. The maximum absolute atomic E-state index is 12.3. The number of rotatable bonds is 8. The fraction of sp³-hybridized carbons (Fsp3) is 0.222. The van der Waals surface area contributed by atoms with Gasteiger partial charge in [-0.2, -0.15) is 0 Å². The highest BCUT2D eigenvalue weighted by atomic mass is 32.2. The van der Waals surface area contributed by atoms with Gasteiger partial charge in [0.05, 0.1) is 17.7 Å². The zero-order chi connectivity index (χ0) is 19.9. The highest BCUT2D eigenvalue weighted by molar-refractivity contribution is 7.89. The molecule has 0 aliphatic rings. The summed E-state index contributed by atoms with van der Waals surface area (Å²) in [6, 6.07) is 12.7. The molecule has 27 heavy (non-hydrogen) atoms. The first-order valence-electron chi connectivity index (χ1n) is 8.12. The molecule has 0 aliphatic carbocycles. The number of hydrogen-bond donors (Lipinski definition) is 3. The third kappa shape index (κ3) is 6.08. The molecule has 0 spiro atoms. The average Bonchev–Trinajstić information content (AvgIpc) is 2.62. The molecule has 0 heterocycles. The van der Waals surface area contributed by atoms with Gasteiger partial charge in [-0.15, -0.1) is 0 Å². The molecule has 0 aliphatic heterocycles. The quantitative estimate of drug-likeness (QED) is 0.637. The van der Waals surface area contributed by atoms with E-state index in [1.54, 1.807) is 24.3 Å². The zero-order valence-electron chi connectivity index (χ0n) is 15.0. The van der Waals surface area contributed by atoms with Crippen molar-refractivity contribution in [3.8, 4) is 5.75 Å². The number of benzene rings is 2. The second-order valence-electron chi connectivity index (χ2n) is 5.60. The Morgan fingerprint density at radius 2 is 1.67 bits per heavy atom. The summed E-state index contributed by atoms with van der Waals surface area (Å²) < 4.78 is 32.0. The lowest BCUT2D eigenvalue weighted by atomic mass is 10.3. The minimum absolute atomic E-state index is 0.0404. The van der Waals surface area contributed by atoms with Crippen LogP contribution in [0.5, 0.6) is 5.75 Å². The minimum Gasteiger partial charge on any atom is -0.495 e. The molecule has 2 aromatic rings. The van der Waals surface area contributed by atoms with Crippen LogP contribution in [0.2, 0.25) is 0 Å². The van der Waals surface area contributed by atoms with Crippen molar-refractivity contribution in [1.29, 1.82) is 0 Å². The van der Waals surface area contributed by atoms with Gasteiger partial charge in [-0.05, 0) is 36.4 Å². The molecule has 0 saturated heterocycles. The summed E-state index contributed by atoms with van der Waals surface area (Å²) in [6.07, 6.45) is -0.0404. The van der Waals surface area contributed by atoms with E-state index < -0.39 is 10.0 Å². The monoisotopic (exact) mass is 391 g/mol. The molecule has 0 saturated carbocycles. The smallest absolute Gasteiger partial charge is 0.240 e. The van der Waals surface area contributed by atoms with Crippen LogP contribution in [0, 0.1) is 0 Å². The molecule has 0 aromatic heterocycles. The number of carbonyl (C=O) groups excluding carboxylic acids is 2. The lowest BCUT2D eigenvalue weighted by Crippen LogP contribution is -2.28. The highest BCUT2D eigenvalue weighted by Gasteiger charge is 2.15. The summed E-state index contributed by atoms with van der Waals surface area (Å²) >= 11 is 0. The predicted octanol–water partition coefficient (Wildman–Crippen LogP) is 1.96. The van der Waals surface area contributed by atoms with Crippen LogP contribution in [0.15, 0.2) is 53.4 Å². The van der Waals surface area contributed by atoms with Crippen LogP contribution < -0.4 is 20.1 Å². The van der Waals surface area contributed by atoms with Crippen molar-refractivity contribution in [2.75, 3.05) is 24.3 Å². The second-order valence-corrected chi connectivity index (χ2v) is 7.37. The van der Waals surface area contributed by atoms with E-state index in [1.807, 2.05) is 0 Å². The van der Waals surface area contributed by atoms with Gasteiger partial charge >= 0.3 is 0 Å². The molecule has 0 atom stereocenters. The Morgan fingerprint density at radius 3 is 2.30 bits per heavy atom. The van der Waals surface area contributed by atoms with Gasteiger partial charge < -0.3 is 15.4 Å². The van der Waals surface area contributed by atoms with Gasteiger partial charge in [-0.3, -0.25) is 9.59 Å². The minimum atomic E-state index is -3.75. The van der Waals surface area contributed by atoms with Gasteiger partial charge in [0.2, 0.25) is 21.8 Å². The van der Waals surface area contributed by atoms with Crippen LogP contribution in [0.25, 0.3) is 0 Å². The zero-order valence-corrected chi connectivity index (χ0v) is 15.8. The Kier molecular flexibility index (Phi) is 6.91. The number of para-hydroxylation sites is 2. The van der Waals surface area contributed by atoms with E-state index >= 15 is 0 Å². The Balaban J connectivity index is 1.89. The molecular weight excluding hydrogens is 370 g/mol. The van der Waals surface area contributed by atoms with Crippen LogP contribution in [0.1, 0.15) is 13.3 Å². The summed E-state index contributed by atoms with van der Waals surface area (Å²) in [7, 11) is -2.26. The van der Waals surface area contributed by atoms with Gasteiger partial charge in [-0.25, -0.2) is 13.1 Å². The van der Waals surface area contributed by atoms with Crippen molar-refractivity contribution < 1.29 is 22.7 Å². The maximum Gasteiger partial charge on any atom is 0.240 e. The fourth-order valence-corrected chi connectivity index (χ4v) is 3.30. The summed E-state index contributed by atoms with van der Waals surface area (Å²) in [5.41, 5.74) is 1.01. The largest absolute Gasteiger partial charge is 0.495 e. The summed E-state index contributed by atoms with van der Waals surface area (Å²) in [5, 5.41) is 5.23. The molecule has 9 heteroatoms. The Labute approximate surface area is 158 Å². The topological polar surface area (TPSA) is 114 Å². The lowest BCUT2D eigenvalue weighted by molar-refractivity contribution is -0.116. The van der Waals surface area contributed by atoms with Crippen molar-refractivity contribution in [3.05, 3.63) is 48.5 Å². The van der Waals surface area contributed by atoms with Gasteiger partial charge in [0, 0.05) is 25.6 Å². The molecule has 2 amide bonds. The molecular formula is C18H21N3O5S. The Hall–Kier alpha value is -2.91. The lowest BCUT2D eigenvalue weighted by Gasteiger charge is -2.10. The molecule has 8 nitrogen and oxygen atoms in total. The summed E-state index contributed by atoms with van der Waals surface area (Å²) in [4.78, 5) is 23.0. The van der Waals surface area contributed by atoms with Crippen molar-refractivity contribution in [2.45, 2.75) is 18.2 Å². The highest BCUT2D eigenvalue weighted by Crippen LogP contribution is 2.23. The fourth-order valence-electron chi connectivity index (χ4n) is 2.26. The summed E-state index contributed by atoms with van der Waals surface area (Å²) in [6.45, 7) is 1.30. The molecule has 2 rings (SSSR count). The molecule has 0 radical (unpaired) electrons. The third-order valence-electron chi connectivity index (χ3n) is 3.51. The van der Waals surface area contributed by atoms with Crippen molar-refractivity contribution in [3.63, 3.8) is 0 Å². The Bertz CT molecular complexity index is 911. The van der Waals surface area contributed by atoms with E-state index in [0.29, 0.717) is 17.1 Å². The van der Waals surface area contributed by atoms with Gasteiger partial charge in [0.15, 0.2) is 0 Å². The number of carbonyl (C=O) groups is 2. The first-order valence-corrected chi connectivity index (χ1v) is 9.60. The van der Waals surface area contributed by atoms with E-state index in [-0.39, 0.29) is 29.7 Å². The van der Waals surface area contributed by atoms with Crippen molar-refractivity contribution in [1.82, 2.24) is 4.72 Å². The van der Waals surface area contributed by atoms with E-state index in [0.717, 1.165) is 0 Å². The second kappa shape index (κ2) is 9.15. The first-order chi connectivity index (χ1) is 12.8. The molecule has 0 bridgehead atoms. The predicted molar refractivity (Wildman–Crippen MR) is 102 cm³/mol. The van der Waals surface area contributed by atoms with Crippen molar-refractivity contribution in [2.24, 2.45) is 0 Å². The standard InChI is InChI=1S/C18H21N3O5S/c1-13(22)20-14-7-9-15(10-8-14)27(24,25)19-12-11-18(23)21-16-5-3-4-6-17(16)26-2/h3-10,19H,11-12H2,1-2H3,(H,20,22)(H,21,23). The number of sulfonamides is 1. The molecule has 0 fully saturated rings. The first kappa shape index (κ1) is 20.4. The van der Waals surface area contributed by atoms with E-state index in [1.165, 1.54) is 38.3 Å².